The summed E-state index contributed by atoms with van der Waals surface area (Å²) in [5.74, 6) is 0.0510. The molecule has 1 N–H and O–H groups in total. The van der Waals surface area contributed by atoms with Crippen LogP contribution in [0.4, 0.5) is 0 Å². The van der Waals surface area contributed by atoms with Gasteiger partial charge in [-0.3, -0.25) is 9.79 Å². The molecule has 0 aliphatic carbocycles. The fraction of sp³-hybridized carbons (Fsp3) is 0.333. The van der Waals surface area contributed by atoms with Crippen LogP contribution in [-0.4, -0.2) is 16.5 Å². The Morgan fingerprint density at radius 3 is 2.20 bits per heavy atom. The van der Waals surface area contributed by atoms with Crippen molar-refractivity contribution in [2.45, 2.75) is 61.3 Å². The van der Waals surface area contributed by atoms with Crippen molar-refractivity contribution in [1.29, 1.82) is 0 Å². The molecule has 0 saturated carbocycles. The van der Waals surface area contributed by atoms with Crippen LogP contribution in [0, 0.1) is 13.8 Å². The van der Waals surface area contributed by atoms with Crippen LogP contribution in [0.3, 0.4) is 0 Å². The SMILES string of the molecule is CCC1=C(C)/C(=C(\c2ccc(/C=C\C(C)=O)cc2)c2[nH]c(C)c(CC)c2C)N=C1C. The molecule has 1 aliphatic rings. The van der Waals surface area contributed by atoms with Gasteiger partial charge in [0.15, 0.2) is 5.78 Å². The van der Waals surface area contributed by atoms with Crippen LogP contribution in [-0.2, 0) is 11.2 Å². The summed E-state index contributed by atoms with van der Waals surface area (Å²) in [6.07, 6.45) is 5.44. The van der Waals surface area contributed by atoms with Crippen molar-refractivity contribution in [3.63, 3.8) is 0 Å². The Labute approximate surface area is 180 Å². The van der Waals surface area contributed by atoms with Gasteiger partial charge in [0.1, 0.15) is 0 Å². The lowest BCUT2D eigenvalue weighted by atomic mass is 9.92. The summed E-state index contributed by atoms with van der Waals surface area (Å²) in [5, 5.41) is 0. The number of nitrogens with one attached hydrogen (secondary N) is 1. The molecule has 0 amide bonds. The summed E-state index contributed by atoms with van der Waals surface area (Å²) in [6, 6.07) is 8.38. The minimum atomic E-state index is 0.0510. The van der Waals surface area contributed by atoms with Gasteiger partial charge in [0.25, 0.3) is 0 Å². The molecule has 2 heterocycles. The molecule has 1 aromatic heterocycles. The van der Waals surface area contributed by atoms with Crippen LogP contribution in [0.15, 0.2) is 52.2 Å². The molecule has 1 aliphatic heterocycles. The Hall–Kier alpha value is -2.94. The predicted molar refractivity (Wildman–Crippen MR) is 128 cm³/mol. The second-order valence-corrected chi connectivity index (χ2v) is 8.03. The number of hydrogen-bond acceptors (Lipinski definition) is 2. The first kappa shape index (κ1) is 21.8. The third-order valence-electron chi connectivity index (χ3n) is 6.02. The summed E-state index contributed by atoms with van der Waals surface area (Å²) in [7, 11) is 0. The highest BCUT2D eigenvalue weighted by Crippen LogP contribution is 2.38. The number of aliphatic imine (C=N–C) groups is 1. The average Bonchev–Trinajstić information content (AvgIpc) is 3.16. The first-order chi connectivity index (χ1) is 14.3. The van der Waals surface area contributed by atoms with Gasteiger partial charge in [-0.15, -0.1) is 0 Å². The van der Waals surface area contributed by atoms with E-state index >= 15 is 0 Å². The highest BCUT2D eigenvalue weighted by Gasteiger charge is 2.24. The number of hydrogen-bond donors (Lipinski definition) is 1. The second kappa shape index (κ2) is 8.83. The van der Waals surface area contributed by atoms with Crippen LogP contribution < -0.4 is 0 Å². The number of nitrogens with zero attached hydrogens (tertiary/aromatic N) is 1. The van der Waals surface area contributed by atoms with Crippen LogP contribution in [0.5, 0.6) is 0 Å². The highest BCUT2D eigenvalue weighted by molar-refractivity contribution is 6.05. The fourth-order valence-corrected chi connectivity index (χ4v) is 4.44. The molecule has 0 bridgehead atoms. The van der Waals surface area contributed by atoms with Gasteiger partial charge in [0, 0.05) is 17.0 Å². The van der Waals surface area contributed by atoms with E-state index in [1.807, 2.05) is 6.08 Å². The fourth-order valence-electron chi connectivity index (χ4n) is 4.44. The monoisotopic (exact) mass is 400 g/mol. The van der Waals surface area contributed by atoms with Gasteiger partial charge in [-0.25, -0.2) is 0 Å². The minimum Gasteiger partial charge on any atom is -0.358 e. The van der Waals surface area contributed by atoms with Crippen molar-refractivity contribution in [2.24, 2.45) is 4.99 Å². The Morgan fingerprint density at radius 2 is 1.70 bits per heavy atom. The number of H-pyrrole nitrogens is 1. The van der Waals surface area contributed by atoms with E-state index in [1.54, 1.807) is 13.0 Å². The molecule has 1 aromatic carbocycles. The normalized spacial score (nSPS) is 15.9. The molecule has 0 fully saturated rings. The number of aryl methyl sites for hydroxylation is 1. The third kappa shape index (κ3) is 4.02. The zero-order valence-corrected chi connectivity index (χ0v) is 19.2. The smallest absolute Gasteiger partial charge is 0.152 e. The predicted octanol–water partition coefficient (Wildman–Crippen LogP) is 6.76. The number of aromatic nitrogens is 1. The van der Waals surface area contributed by atoms with Crippen LogP contribution >= 0.6 is 0 Å². The van der Waals surface area contributed by atoms with Crippen molar-refractivity contribution < 1.29 is 4.79 Å². The highest BCUT2D eigenvalue weighted by atomic mass is 16.1. The Balaban J connectivity index is 2.24. The number of ketones is 1. The molecular weight excluding hydrogens is 368 g/mol. The summed E-state index contributed by atoms with van der Waals surface area (Å²) in [5.41, 5.74) is 13.1. The second-order valence-electron chi connectivity index (χ2n) is 8.03. The number of allylic oxidation sites excluding steroid dienone is 3. The van der Waals surface area contributed by atoms with Gasteiger partial charge in [-0.05, 0) is 86.9 Å². The van der Waals surface area contributed by atoms with E-state index in [0.29, 0.717) is 0 Å². The van der Waals surface area contributed by atoms with Gasteiger partial charge in [0.2, 0.25) is 0 Å². The molecule has 3 nitrogen and oxygen atoms in total. The zero-order valence-electron chi connectivity index (χ0n) is 19.2. The first-order valence-electron chi connectivity index (χ1n) is 10.8. The van der Waals surface area contributed by atoms with Crippen LogP contribution in [0.2, 0.25) is 0 Å². The maximum Gasteiger partial charge on any atom is 0.152 e. The van der Waals surface area contributed by atoms with Crippen molar-refractivity contribution in [3.8, 4) is 0 Å². The molecule has 0 radical (unpaired) electrons. The van der Waals surface area contributed by atoms with E-state index in [-0.39, 0.29) is 5.78 Å². The van der Waals surface area contributed by atoms with Gasteiger partial charge < -0.3 is 4.98 Å². The van der Waals surface area contributed by atoms with Crippen molar-refractivity contribution >= 4 is 23.1 Å². The molecule has 0 atom stereocenters. The maximum absolute atomic E-state index is 11.3. The largest absolute Gasteiger partial charge is 0.358 e. The summed E-state index contributed by atoms with van der Waals surface area (Å²) < 4.78 is 0. The number of benzene rings is 1. The average molecular weight is 401 g/mol. The Morgan fingerprint density at radius 1 is 1.03 bits per heavy atom. The van der Waals surface area contributed by atoms with E-state index in [2.05, 4.69) is 70.8 Å². The third-order valence-corrected chi connectivity index (χ3v) is 6.02. The van der Waals surface area contributed by atoms with Gasteiger partial charge >= 0.3 is 0 Å². The lowest BCUT2D eigenvalue weighted by Gasteiger charge is -2.13. The van der Waals surface area contributed by atoms with Gasteiger partial charge in [-0.1, -0.05) is 44.2 Å². The topological polar surface area (TPSA) is 45.2 Å². The van der Waals surface area contributed by atoms with Crippen molar-refractivity contribution in [1.82, 2.24) is 4.98 Å². The van der Waals surface area contributed by atoms with E-state index in [4.69, 9.17) is 4.99 Å². The molecule has 3 heteroatoms. The molecule has 156 valence electrons. The maximum atomic E-state index is 11.3. The van der Waals surface area contributed by atoms with Gasteiger partial charge in [-0.2, -0.15) is 0 Å². The van der Waals surface area contributed by atoms with E-state index in [9.17, 15) is 4.79 Å². The van der Waals surface area contributed by atoms with Crippen LogP contribution in [0.1, 0.15) is 74.7 Å². The number of rotatable bonds is 6. The Kier molecular flexibility index (Phi) is 6.40. The zero-order chi connectivity index (χ0) is 22.0. The van der Waals surface area contributed by atoms with Crippen molar-refractivity contribution in [3.05, 3.63) is 80.8 Å². The molecular formula is C27H32N2O. The molecule has 0 spiro atoms. The summed E-state index contributed by atoms with van der Waals surface area (Å²) >= 11 is 0. The molecule has 3 rings (SSSR count). The van der Waals surface area contributed by atoms with Crippen molar-refractivity contribution in [2.75, 3.05) is 0 Å². The quantitative estimate of drug-likeness (QED) is 0.535. The van der Waals surface area contributed by atoms with Gasteiger partial charge in [0.05, 0.1) is 11.4 Å². The van der Waals surface area contributed by atoms with E-state index < -0.39 is 0 Å². The Bertz CT molecular complexity index is 1100. The summed E-state index contributed by atoms with van der Waals surface area (Å²) in [6.45, 7) is 14.6. The lowest BCUT2D eigenvalue weighted by molar-refractivity contribution is -0.112. The summed E-state index contributed by atoms with van der Waals surface area (Å²) in [4.78, 5) is 19.9. The number of carbonyl (C=O) groups is 1. The standard InChI is InChI=1S/C27H32N2O/c1-8-23-17(4)26(28-19(23)6)25(27-18(5)24(9-2)20(7)29-27)22-14-12-21(13-15-22)11-10-16(3)30/h10-15,28H,8-9H2,1-7H3/b11-10-,27-25-. The first-order valence-corrected chi connectivity index (χ1v) is 10.8. The number of aromatic amines is 1. The molecule has 0 unspecified atom stereocenters. The van der Waals surface area contributed by atoms with E-state index in [1.165, 1.54) is 28.0 Å². The van der Waals surface area contributed by atoms with E-state index in [0.717, 1.165) is 46.6 Å². The molecule has 2 aromatic rings. The molecule has 30 heavy (non-hydrogen) atoms. The van der Waals surface area contributed by atoms with Crippen LogP contribution in [0.25, 0.3) is 11.6 Å². The number of carbonyl (C=O) groups excluding carboxylic acids is 1. The minimum absolute atomic E-state index is 0.0510. The lowest BCUT2D eigenvalue weighted by Crippen LogP contribution is -1.97. The molecule has 0 saturated heterocycles.